The van der Waals surface area contributed by atoms with E-state index in [1.807, 2.05) is 54.6 Å². The maximum absolute atomic E-state index is 15.5. The Labute approximate surface area is 300 Å². The predicted octanol–water partition coefficient (Wildman–Crippen LogP) is 4.56. The standard InChI is InChI=1S/C38H52N6O7/c1-37(2,3)51-36(48)43-31(14-11-25-42-35(40)41)33(45)44(32(34(46)47)15-9-10-24-39)38(26-12-7-6-8-13-26,27-16-20-29(49-4)21-17-27)28-18-22-30(50-5)23-19-28/h6-8,12-13,16-23,31-32H,9-11,14-15,24-25,39H2,1-5H3,(H,43,48)(H,46,47)(H4,40,41,42)/t31-,32+/m1/s1. The molecule has 13 nitrogen and oxygen atoms in total. The molecule has 3 aromatic carbocycles. The quantitative estimate of drug-likeness (QED) is 0.0472. The molecule has 3 rings (SSSR count). The number of carbonyl (C=O) groups is 3. The number of guanidine groups is 1. The molecule has 13 heteroatoms. The number of nitrogens with two attached hydrogens (primary N) is 2. The van der Waals surface area contributed by atoms with Crippen molar-refractivity contribution in [3.63, 3.8) is 0 Å². The topological polar surface area (TPSA) is 202 Å². The zero-order valence-electron chi connectivity index (χ0n) is 30.1. The second kappa shape index (κ2) is 18.6. The van der Waals surface area contributed by atoms with E-state index in [2.05, 4.69) is 10.6 Å². The van der Waals surface area contributed by atoms with Crippen LogP contribution >= 0.6 is 0 Å². The summed E-state index contributed by atoms with van der Waals surface area (Å²) in [6.07, 6.45) is 0.554. The highest BCUT2D eigenvalue weighted by Crippen LogP contribution is 2.46. The van der Waals surface area contributed by atoms with Crippen LogP contribution in [0.2, 0.25) is 0 Å². The number of ether oxygens (including phenoxy) is 3. The Morgan fingerprint density at radius 1 is 0.824 bits per heavy atom. The molecule has 0 spiro atoms. The Morgan fingerprint density at radius 3 is 1.80 bits per heavy atom. The zero-order valence-corrected chi connectivity index (χ0v) is 30.1. The lowest BCUT2D eigenvalue weighted by molar-refractivity contribution is -0.156. The minimum Gasteiger partial charge on any atom is -0.497 e. The summed E-state index contributed by atoms with van der Waals surface area (Å²) in [7, 11) is 3.09. The summed E-state index contributed by atoms with van der Waals surface area (Å²) in [6.45, 7) is 5.69. The van der Waals surface area contributed by atoms with Gasteiger partial charge in [-0.25, -0.2) is 9.59 Å². The summed E-state index contributed by atoms with van der Waals surface area (Å²) in [5.41, 5.74) is 10.7. The van der Waals surface area contributed by atoms with Crippen LogP contribution in [0.25, 0.3) is 0 Å². The second-order valence-corrected chi connectivity index (χ2v) is 13.1. The van der Waals surface area contributed by atoms with Crippen molar-refractivity contribution in [3.05, 3.63) is 95.6 Å². The molecule has 0 fully saturated rings. The molecule has 0 aliphatic heterocycles. The third-order valence-corrected chi connectivity index (χ3v) is 8.31. The molecule has 276 valence electrons. The van der Waals surface area contributed by atoms with E-state index >= 15 is 4.79 Å². The van der Waals surface area contributed by atoms with Gasteiger partial charge >= 0.3 is 12.1 Å². The molecular formula is C38H52N6O7. The van der Waals surface area contributed by atoms with Crippen molar-refractivity contribution in [2.24, 2.45) is 11.5 Å². The molecular weight excluding hydrogens is 652 g/mol. The van der Waals surface area contributed by atoms with Gasteiger partial charge in [0.2, 0.25) is 5.91 Å². The first kappa shape index (κ1) is 40.1. The molecule has 0 saturated heterocycles. The van der Waals surface area contributed by atoms with Crippen LogP contribution in [-0.4, -0.2) is 78.9 Å². The largest absolute Gasteiger partial charge is 0.497 e. The van der Waals surface area contributed by atoms with Crippen LogP contribution < -0.4 is 31.6 Å². The van der Waals surface area contributed by atoms with E-state index in [-0.39, 0.29) is 25.3 Å². The normalized spacial score (nSPS) is 12.6. The Balaban J connectivity index is 2.45. The minimum atomic E-state index is -1.56. The van der Waals surface area contributed by atoms with Gasteiger partial charge < -0.3 is 46.3 Å². The summed E-state index contributed by atoms with van der Waals surface area (Å²) in [4.78, 5) is 43.7. The van der Waals surface area contributed by atoms with Gasteiger partial charge in [0, 0.05) is 6.54 Å². The van der Waals surface area contributed by atoms with Gasteiger partial charge in [0.15, 0.2) is 5.96 Å². The lowest BCUT2D eigenvalue weighted by Gasteiger charge is -2.49. The van der Waals surface area contributed by atoms with Crippen LogP contribution in [0.3, 0.4) is 0 Å². The molecule has 0 aliphatic rings. The summed E-state index contributed by atoms with van der Waals surface area (Å²) in [5.74, 6) is -0.995. The van der Waals surface area contributed by atoms with E-state index in [1.54, 1.807) is 59.3 Å². The summed E-state index contributed by atoms with van der Waals surface area (Å²) in [5, 5.41) is 24.1. The van der Waals surface area contributed by atoms with Gasteiger partial charge in [-0.05, 0) is 100 Å². The first-order valence-electron chi connectivity index (χ1n) is 17.0. The second-order valence-electron chi connectivity index (χ2n) is 13.1. The number of rotatable bonds is 18. The van der Waals surface area contributed by atoms with Crippen molar-refractivity contribution in [2.75, 3.05) is 27.3 Å². The van der Waals surface area contributed by atoms with Gasteiger partial charge in [-0.3, -0.25) is 10.2 Å². The van der Waals surface area contributed by atoms with Gasteiger partial charge in [0.05, 0.1) is 14.2 Å². The summed E-state index contributed by atoms with van der Waals surface area (Å²) < 4.78 is 16.5. The number of hydrogen-bond donors (Lipinski definition) is 6. The zero-order chi connectivity index (χ0) is 37.6. The monoisotopic (exact) mass is 704 g/mol. The first-order valence-corrected chi connectivity index (χ1v) is 17.0. The maximum Gasteiger partial charge on any atom is 0.408 e. The third kappa shape index (κ3) is 10.6. The van der Waals surface area contributed by atoms with Crippen LogP contribution in [0.4, 0.5) is 4.79 Å². The van der Waals surface area contributed by atoms with E-state index in [0.29, 0.717) is 54.0 Å². The number of nitrogens with one attached hydrogen (secondary N) is 3. The number of alkyl carbamates (subject to hydrolysis) is 1. The van der Waals surface area contributed by atoms with E-state index in [1.165, 1.54) is 4.90 Å². The lowest BCUT2D eigenvalue weighted by atomic mass is 9.74. The van der Waals surface area contributed by atoms with Gasteiger partial charge in [0.1, 0.15) is 34.7 Å². The number of amides is 2. The van der Waals surface area contributed by atoms with E-state index in [9.17, 15) is 14.7 Å². The van der Waals surface area contributed by atoms with Gasteiger partial charge in [-0.15, -0.1) is 0 Å². The predicted molar refractivity (Wildman–Crippen MR) is 196 cm³/mol. The summed E-state index contributed by atoms with van der Waals surface area (Å²) >= 11 is 0. The molecule has 8 N–H and O–H groups in total. The molecule has 2 atom stereocenters. The number of carbonyl (C=O) groups excluding carboxylic acids is 2. The van der Waals surface area contributed by atoms with E-state index < -0.39 is 41.2 Å². The van der Waals surface area contributed by atoms with Gasteiger partial charge in [-0.1, -0.05) is 54.6 Å². The number of carboxylic acids is 1. The first-order chi connectivity index (χ1) is 24.3. The van der Waals surface area contributed by atoms with Gasteiger partial charge in [0.25, 0.3) is 0 Å². The van der Waals surface area contributed by atoms with Crippen LogP contribution in [-0.2, 0) is 19.9 Å². The Kier molecular flexibility index (Phi) is 14.7. The van der Waals surface area contributed by atoms with Crippen LogP contribution in [0.1, 0.15) is 69.6 Å². The smallest absolute Gasteiger partial charge is 0.408 e. The Bertz CT molecular complexity index is 1530. The average molecular weight is 705 g/mol. The number of nitrogens with zero attached hydrogens (tertiary/aromatic N) is 1. The Hall–Kier alpha value is -5.30. The highest BCUT2D eigenvalue weighted by molar-refractivity contribution is 5.91. The molecule has 0 bridgehead atoms. The fraction of sp³-hybridized carbons (Fsp3) is 0.421. The third-order valence-electron chi connectivity index (χ3n) is 8.31. The molecule has 51 heavy (non-hydrogen) atoms. The maximum atomic E-state index is 15.5. The number of unbranched alkanes of at least 4 members (excludes halogenated alkanes) is 1. The van der Waals surface area contributed by atoms with Crippen LogP contribution in [0, 0.1) is 5.41 Å². The lowest BCUT2D eigenvalue weighted by Crippen LogP contribution is -2.62. The molecule has 0 radical (unpaired) electrons. The van der Waals surface area contributed by atoms with Crippen molar-refractivity contribution in [1.82, 2.24) is 15.5 Å². The highest BCUT2D eigenvalue weighted by atomic mass is 16.6. The fourth-order valence-electron chi connectivity index (χ4n) is 6.06. The fourth-order valence-corrected chi connectivity index (χ4v) is 6.06. The molecule has 0 saturated carbocycles. The minimum absolute atomic E-state index is 0.0695. The number of hydrogen-bond acceptors (Lipinski definition) is 8. The Morgan fingerprint density at radius 2 is 1.35 bits per heavy atom. The average Bonchev–Trinajstić information content (AvgIpc) is 3.10. The number of carboxylic acid groups (broad SMARTS) is 1. The number of methoxy groups -OCH3 is 2. The van der Waals surface area contributed by atoms with Crippen molar-refractivity contribution in [1.29, 1.82) is 5.41 Å². The molecule has 0 aliphatic carbocycles. The molecule has 0 heterocycles. The molecule has 2 amide bonds. The van der Waals surface area contributed by atoms with Crippen molar-refractivity contribution in [3.8, 4) is 11.5 Å². The van der Waals surface area contributed by atoms with Gasteiger partial charge in [-0.2, -0.15) is 0 Å². The van der Waals surface area contributed by atoms with Crippen molar-refractivity contribution in [2.45, 2.75) is 76.1 Å². The highest BCUT2D eigenvalue weighted by Gasteiger charge is 2.51. The van der Waals surface area contributed by atoms with Crippen molar-refractivity contribution < 1.29 is 33.7 Å². The van der Waals surface area contributed by atoms with Crippen molar-refractivity contribution >= 4 is 23.9 Å². The molecule has 0 unspecified atom stereocenters. The number of aliphatic carboxylic acids is 1. The number of benzene rings is 3. The van der Waals surface area contributed by atoms with Crippen LogP contribution in [0.5, 0.6) is 11.5 Å². The van der Waals surface area contributed by atoms with Crippen LogP contribution in [0.15, 0.2) is 78.9 Å². The van der Waals surface area contributed by atoms with E-state index in [0.717, 1.165) is 0 Å². The summed E-state index contributed by atoms with van der Waals surface area (Å²) in [6, 6.07) is 20.8. The SMILES string of the molecule is COc1ccc(C(c2ccccc2)(c2ccc(OC)cc2)N(C(=O)[C@@H](CCCNC(=N)N)NC(=O)OC(C)(C)C)[C@@H](CCCCN)C(=O)O)cc1. The molecule has 0 aromatic heterocycles. The van der Waals surface area contributed by atoms with E-state index in [4.69, 9.17) is 31.1 Å². The molecule has 3 aromatic rings.